The average molecular weight is 557 g/mol. The summed E-state index contributed by atoms with van der Waals surface area (Å²) in [4.78, 5) is 0. The highest BCUT2D eigenvalue weighted by Gasteiger charge is 2.31. The first kappa shape index (κ1) is 25.1. The van der Waals surface area contributed by atoms with Gasteiger partial charge in [0.05, 0.1) is 34.7 Å². The summed E-state index contributed by atoms with van der Waals surface area (Å²) >= 11 is 2.32. The molecule has 0 amide bonds. The summed E-state index contributed by atoms with van der Waals surface area (Å²) < 4.78 is 44.2. The quantitative estimate of drug-likeness (QED) is 0.120. The molecule has 6 heteroatoms. The van der Waals surface area contributed by atoms with Crippen LogP contribution >= 0.6 is 22.6 Å². The van der Waals surface area contributed by atoms with Crippen molar-refractivity contribution in [2.45, 2.75) is 83.9 Å². The summed E-state index contributed by atoms with van der Waals surface area (Å²) in [5.41, 5.74) is 2.27. The molecule has 0 unspecified atom stereocenters. The van der Waals surface area contributed by atoms with Crippen molar-refractivity contribution in [1.29, 1.82) is 0 Å². The van der Waals surface area contributed by atoms with E-state index < -0.39 is 11.7 Å². The molecule has 0 bridgehead atoms. The third-order valence-electron chi connectivity index (χ3n) is 6.01. The van der Waals surface area contributed by atoms with E-state index in [1.165, 1.54) is 57.8 Å². The van der Waals surface area contributed by atoms with Gasteiger partial charge in [0.25, 0.3) is 0 Å². The zero-order valence-electron chi connectivity index (χ0n) is 18.8. The molecule has 1 heterocycles. The molecule has 0 N–H and O–H groups in total. The number of hydrogen-bond donors (Lipinski definition) is 0. The lowest BCUT2D eigenvalue weighted by atomic mass is 10.1. The van der Waals surface area contributed by atoms with Crippen molar-refractivity contribution in [3.8, 4) is 5.69 Å². The number of alkyl halides is 3. The number of fused-ring (bicyclic) bond motifs is 1. The van der Waals surface area contributed by atoms with Crippen LogP contribution in [-0.2, 0) is 12.7 Å². The zero-order chi connectivity index (χ0) is 23.0. The molecule has 0 atom stereocenters. The van der Waals surface area contributed by atoms with Gasteiger partial charge in [0, 0.05) is 0 Å². The Hall–Kier alpha value is -1.57. The lowest BCUT2D eigenvalue weighted by Gasteiger charge is -2.06. The van der Waals surface area contributed by atoms with Gasteiger partial charge in [-0.25, -0.2) is 4.57 Å². The highest BCUT2D eigenvalue weighted by Crippen LogP contribution is 2.30. The highest BCUT2D eigenvalue weighted by molar-refractivity contribution is 14.1. The van der Waals surface area contributed by atoms with Gasteiger partial charge in [0.15, 0.2) is 11.0 Å². The van der Waals surface area contributed by atoms with Gasteiger partial charge >= 0.3 is 10.0 Å². The minimum atomic E-state index is -4.32. The van der Waals surface area contributed by atoms with E-state index >= 15 is 0 Å². The average Bonchev–Trinajstić information content (AvgIpc) is 3.06. The minimum absolute atomic E-state index is 0.619. The molecule has 174 valence electrons. The first-order chi connectivity index (χ1) is 15.4. The molecule has 0 spiro atoms. The molecule has 0 saturated carbocycles. The zero-order valence-corrected chi connectivity index (χ0v) is 21.0. The molecule has 3 rings (SSSR count). The molecule has 1 aromatic heterocycles. The smallest absolute Gasteiger partial charge is 0.218 e. The van der Waals surface area contributed by atoms with E-state index in [0.29, 0.717) is 0 Å². The number of imidazole rings is 1. The number of unbranched alkanes of at least 4 members (excludes halogenated alkanes) is 9. The van der Waals surface area contributed by atoms with Crippen molar-refractivity contribution in [3.63, 3.8) is 0 Å². The molecule has 2 aromatic carbocycles. The minimum Gasteiger partial charge on any atom is -0.218 e. The van der Waals surface area contributed by atoms with Crippen molar-refractivity contribution in [3.05, 3.63) is 57.9 Å². The van der Waals surface area contributed by atoms with Crippen LogP contribution in [-0.4, -0.2) is 4.57 Å². The number of rotatable bonds is 12. The second kappa shape index (κ2) is 12.1. The summed E-state index contributed by atoms with van der Waals surface area (Å²) in [6, 6.07) is 13.6. The van der Waals surface area contributed by atoms with Gasteiger partial charge in [-0.1, -0.05) is 70.4 Å². The summed E-state index contributed by atoms with van der Waals surface area (Å²) in [5, 5.41) is 0. The van der Waals surface area contributed by atoms with E-state index in [0.717, 1.165) is 45.7 Å². The second-order valence-corrected chi connectivity index (χ2v) is 9.44. The van der Waals surface area contributed by atoms with E-state index in [4.69, 9.17) is 0 Å². The number of hydrogen-bond acceptors (Lipinski definition) is 0. The predicted octanol–water partition coefficient (Wildman–Crippen LogP) is 8.46. The van der Waals surface area contributed by atoms with Gasteiger partial charge < -0.3 is 0 Å². The predicted molar refractivity (Wildman–Crippen MR) is 133 cm³/mol. The highest BCUT2D eigenvalue weighted by atomic mass is 127. The standard InChI is InChI=1S/C26H33F3IN2/c1-2-3-4-5-6-7-8-9-10-13-20-31-23-14-11-12-15-24(23)32(25(31)30)22-18-16-21(17-19-22)26(27,28)29/h11-12,14-19H,2-10,13,20H2,1H3/q+1. The fourth-order valence-corrected chi connectivity index (χ4v) is 5.26. The van der Waals surface area contributed by atoms with Crippen LogP contribution in [0.25, 0.3) is 16.7 Å². The van der Waals surface area contributed by atoms with Crippen LogP contribution < -0.4 is 4.57 Å². The van der Waals surface area contributed by atoms with Crippen molar-refractivity contribution in [1.82, 2.24) is 4.57 Å². The lowest BCUT2D eigenvalue weighted by Crippen LogP contribution is -2.36. The van der Waals surface area contributed by atoms with Crippen LogP contribution in [0.15, 0.2) is 48.5 Å². The first-order valence-electron chi connectivity index (χ1n) is 11.8. The van der Waals surface area contributed by atoms with Crippen molar-refractivity contribution in [2.75, 3.05) is 0 Å². The Morgan fingerprint density at radius 1 is 0.781 bits per heavy atom. The van der Waals surface area contributed by atoms with E-state index in [1.54, 1.807) is 12.1 Å². The van der Waals surface area contributed by atoms with Gasteiger partial charge in [-0.2, -0.15) is 17.7 Å². The molecule has 2 nitrogen and oxygen atoms in total. The van der Waals surface area contributed by atoms with E-state index in [1.807, 2.05) is 22.8 Å². The maximum Gasteiger partial charge on any atom is 0.416 e. The number of aryl methyl sites for hydroxylation is 1. The van der Waals surface area contributed by atoms with Crippen molar-refractivity contribution in [2.24, 2.45) is 0 Å². The third-order valence-corrected chi connectivity index (χ3v) is 7.07. The number of halogens is 4. The topological polar surface area (TPSA) is 8.81 Å². The number of para-hydroxylation sites is 2. The number of nitrogens with zero attached hydrogens (tertiary/aromatic N) is 2. The number of benzene rings is 2. The summed E-state index contributed by atoms with van der Waals surface area (Å²) in [6.07, 6.45) is 8.65. The third kappa shape index (κ3) is 6.49. The first-order valence-corrected chi connectivity index (χ1v) is 12.9. The maximum absolute atomic E-state index is 13.0. The van der Waals surface area contributed by atoms with Gasteiger partial charge in [-0.3, -0.25) is 0 Å². The normalized spacial score (nSPS) is 12.0. The fraction of sp³-hybridized carbons (Fsp3) is 0.500. The van der Waals surface area contributed by atoms with Crippen molar-refractivity contribution < 1.29 is 17.7 Å². The Bertz CT molecular complexity index is 977. The Morgan fingerprint density at radius 3 is 1.94 bits per heavy atom. The summed E-state index contributed by atoms with van der Waals surface area (Å²) in [7, 11) is 0. The maximum atomic E-state index is 13.0. The van der Waals surface area contributed by atoms with Crippen LogP contribution in [0.2, 0.25) is 0 Å². The Labute approximate surface area is 203 Å². The molecular formula is C26H33F3IN2+. The molecule has 0 aliphatic rings. The summed E-state index contributed by atoms with van der Waals surface area (Å²) in [6.45, 7) is 3.17. The van der Waals surface area contributed by atoms with Gasteiger partial charge in [0.2, 0.25) is 0 Å². The van der Waals surface area contributed by atoms with Crippen LogP contribution in [0.5, 0.6) is 0 Å². The summed E-state index contributed by atoms with van der Waals surface area (Å²) in [5.74, 6) is 0. The largest absolute Gasteiger partial charge is 0.416 e. The SMILES string of the molecule is CCCCCCCCCCCC[n+]1c(I)n(-c2ccc(C(F)(F)F)cc2)c2ccccc21. The van der Waals surface area contributed by atoms with E-state index in [9.17, 15) is 13.2 Å². The Balaban J connectivity index is 1.63. The molecule has 0 radical (unpaired) electrons. The van der Waals surface area contributed by atoms with Crippen LogP contribution in [0.3, 0.4) is 0 Å². The molecule has 0 saturated heterocycles. The Kier molecular flexibility index (Phi) is 9.44. The van der Waals surface area contributed by atoms with E-state index in [2.05, 4.69) is 40.1 Å². The van der Waals surface area contributed by atoms with Gasteiger partial charge in [-0.05, 0) is 49.2 Å². The molecule has 0 aliphatic heterocycles. The number of aromatic nitrogens is 2. The Morgan fingerprint density at radius 2 is 1.34 bits per heavy atom. The van der Waals surface area contributed by atoms with Gasteiger partial charge in [-0.15, -0.1) is 0 Å². The molecule has 32 heavy (non-hydrogen) atoms. The van der Waals surface area contributed by atoms with Crippen molar-refractivity contribution >= 4 is 33.6 Å². The lowest BCUT2D eigenvalue weighted by molar-refractivity contribution is -0.685. The molecule has 0 aliphatic carbocycles. The fourth-order valence-electron chi connectivity index (χ4n) is 4.22. The monoisotopic (exact) mass is 557 g/mol. The second-order valence-electron chi connectivity index (χ2n) is 8.47. The molecular weight excluding hydrogens is 524 g/mol. The molecule has 0 fully saturated rings. The van der Waals surface area contributed by atoms with Gasteiger partial charge in [0.1, 0.15) is 5.69 Å². The van der Waals surface area contributed by atoms with Crippen LogP contribution in [0, 0.1) is 3.83 Å². The molecule has 3 aromatic rings. The van der Waals surface area contributed by atoms with Crippen LogP contribution in [0.4, 0.5) is 13.2 Å². The van der Waals surface area contributed by atoms with E-state index in [-0.39, 0.29) is 0 Å². The van der Waals surface area contributed by atoms with Crippen LogP contribution in [0.1, 0.15) is 76.7 Å².